The zero-order valence-corrected chi connectivity index (χ0v) is 11.7. The standard InChI is InChI=1S/C14H14N2O2S/c1-4-18-9(2)11-8-16-12-6-5-10(17-3)7-13(12)19-14(16)15-11/h5-8H,2,4H2,1,3H3. The second kappa shape index (κ2) is 4.59. The second-order valence-corrected chi connectivity index (χ2v) is 5.08. The van der Waals surface area contributed by atoms with Crippen LogP contribution in [0.5, 0.6) is 5.75 Å². The van der Waals surface area contributed by atoms with Gasteiger partial charge < -0.3 is 9.47 Å². The second-order valence-electron chi connectivity index (χ2n) is 4.07. The first kappa shape index (κ1) is 12.0. The Morgan fingerprint density at radius 3 is 3.05 bits per heavy atom. The molecule has 2 aromatic heterocycles. The fraction of sp³-hybridized carbons (Fsp3) is 0.214. The molecule has 3 rings (SSSR count). The van der Waals surface area contributed by atoms with E-state index < -0.39 is 0 Å². The van der Waals surface area contributed by atoms with Crippen LogP contribution in [-0.4, -0.2) is 23.1 Å². The van der Waals surface area contributed by atoms with Crippen molar-refractivity contribution in [2.45, 2.75) is 6.92 Å². The molecule has 0 radical (unpaired) electrons. The lowest BCUT2D eigenvalue weighted by Gasteiger charge is -2.02. The van der Waals surface area contributed by atoms with Crippen LogP contribution in [0, 0.1) is 0 Å². The van der Waals surface area contributed by atoms with E-state index in [1.54, 1.807) is 18.4 Å². The van der Waals surface area contributed by atoms with Gasteiger partial charge in [-0.1, -0.05) is 17.9 Å². The molecule has 98 valence electrons. The number of fused-ring (bicyclic) bond motifs is 3. The number of ether oxygens (including phenoxy) is 2. The summed E-state index contributed by atoms with van der Waals surface area (Å²) >= 11 is 1.62. The van der Waals surface area contributed by atoms with Crippen molar-refractivity contribution in [3.05, 3.63) is 36.7 Å². The van der Waals surface area contributed by atoms with E-state index in [1.165, 1.54) is 0 Å². The lowest BCUT2D eigenvalue weighted by atomic mass is 10.3. The number of nitrogens with zero attached hydrogens (tertiary/aromatic N) is 2. The largest absolute Gasteiger partial charge is 0.497 e. The summed E-state index contributed by atoms with van der Waals surface area (Å²) in [7, 11) is 1.67. The Labute approximate surface area is 114 Å². The fourth-order valence-electron chi connectivity index (χ4n) is 1.99. The van der Waals surface area contributed by atoms with Crippen molar-refractivity contribution in [3.63, 3.8) is 0 Å². The van der Waals surface area contributed by atoms with Crippen molar-refractivity contribution in [1.29, 1.82) is 0 Å². The Morgan fingerprint density at radius 2 is 2.32 bits per heavy atom. The predicted molar refractivity (Wildman–Crippen MR) is 77.8 cm³/mol. The fourth-order valence-corrected chi connectivity index (χ4v) is 3.03. The minimum Gasteiger partial charge on any atom is -0.497 e. The number of hydrogen-bond donors (Lipinski definition) is 0. The quantitative estimate of drug-likeness (QED) is 0.682. The van der Waals surface area contributed by atoms with Gasteiger partial charge in [0.05, 0.1) is 23.9 Å². The highest BCUT2D eigenvalue weighted by atomic mass is 32.1. The summed E-state index contributed by atoms with van der Waals surface area (Å²) in [5, 5.41) is 0. The van der Waals surface area contributed by atoms with E-state index in [-0.39, 0.29) is 0 Å². The van der Waals surface area contributed by atoms with Crippen molar-refractivity contribution in [3.8, 4) is 5.75 Å². The van der Waals surface area contributed by atoms with Crippen LogP contribution in [0.1, 0.15) is 12.6 Å². The number of thiazole rings is 1. The maximum Gasteiger partial charge on any atom is 0.195 e. The van der Waals surface area contributed by atoms with Gasteiger partial charge in [-0.15, -0.1) is 0 Å². The van der Waals surface area contributed by atoms with Crippen LogP contribution in [0.2, 0.25) is 0 Å². The molecule has 19 heavy (non-hydrogen) atoms. The van der Waals surface area contributed by atoms with Gasteiger partial charge in [-0.2, -0.15) is 0 Å². The minimum absolute atomic E-state index is 0.599. The van der Waals surface area contributed by atoms with Crippen molar-refractivity contribution < 1.29 is 9.47 Å². The lowest BCUT2D eigenvalue weighted by Crippen LogP contribution is -1.89. The molecule has 0 bridgehead atoms. The summed E-state index contributed by atoms with van der Waals surface area (Å²) in [5.41, 5.74) is 1.90. The van der Waals surface area contributed by atoms with E-state index in [9.17, 15) is 0 Å². The average molecular weight is 274 g/mol. The number of methoxy groups -OCH3 is 1. The molecule has 0 aliphatic heterocycles. The topological polar surface area (TPSA) is 35.8 Å². The van der Waals surface area contributed by atoms with E-state index >= 15 is 0 Å². The lowest BCUT2D eigenvalue weighted by molar-refractivity contribution is 0.298. The highest BCUT2D eigenvalue weighted by Gasteiger charge is 2.11. The summed E-state index contributed by atoms with van der Waals surface area (Å²) in [6.07, 6.45) is 1.96. The molecule has 0 atom stereocenters. The Bertz CT molecular complexity index is 757. The van der Waals surface area contributed by atoms with Gasteiger partial charge in [-0.3, -0.25) is 4.40 Å². The molecule has 3 aromatic rings. The molecule has 0 unspecified atom stereocenters. The van der Waals surface area contributed by atoms with Gasteiger partial charge in [0.25, 0.3) is 0 Å². The summed E-state index contributed by atoms with van der Waals surface area (Å²) in [4.78, 5) is 5.47. The maximum absolute atomic E-state index is 5.39. The molecule has 4 nitrogen and oxygen atoms in total. The highest BCUT2D eigenvalue weighted by molar-refractivity contribution is 7.23. The van der Waals surface area contributed by atoms with E-state index in [0.29, 0.717) is 12.4 Å². The van der Waals surface area contributed by atoms with Gasteiger partial charge in [0.15, 0.2) is 4.96 Å². The van der Waals surface area contributed by atoms with Crippen LogP contribution in [0.15, 0.2) is 31.0 Å². The molecule has 0 fully saturated rings. The number of imidazole rings is 1. The Kier molecular flexibility index (Phi) is 2.91. The van der Waals surface area contributed by atoms with Crippen LogP contribution in [0.25, 0.3) is 20.9 Å². The summed E-state index contributed by atoms with van der Waals surface area (Å²) < 4.78 is 13.8. The normalized spacial score (nSPS) is 11.1. The summed E-state index contributed by atoms with van der Waals surface area (Å²) in [6, 6.07) is 6.00. The smallest absolute Gasteiger partial charge is 0.195 e. The highest BCUT2D eigenvalue weighted by Crippen LogP contribution is 2.30. The SMILES string of the molecule is C=C(OCC)c1cn2c(n1)sc1cc(OC)ccc12. The van der Waals surface area contributed by atoms with Crippen molar-refractivity contribution in [1.82, 2.24) is 9.38 Å². The summed E-state index contributed by atoms with van der Waals surface area (Å²) in [5.74, 6) is 1.47. The van der Waals surface area contributed by atoms with Crippen LogP contribution < -0.4 is 4.74 Å². The monoisotopic (exact) mass is 274 g/mol. The average Bonchev–Trinajstić information content (AvgIpc) is 2.95. The summed E-state index contributed by atoms with van der Waals surface area (Å²) in [6.45, 7) is 6.42. The van der Waals surface area contributed by atoms with Gasteiger partial charge >= 0.3 is 0 Å². The van der Waals surface area contributed by atoms with E-state index in [2.05, 4.69) is 16.0 Å². The molecule has 1 aromatic carbocycles. The third kappa shape index (κ3) is 1.96. The van der Waals surface area contributed by atoms with Crippen LogP contribution in [0.4, 0.5) is 0 Å². The molecule has 0 aliphatic carbocycles. The predicted octanol–water partition coefficient (Wildman–Crippen LogP) is 3.56. The number of hydrogen-bond acceptors (Lipinski definition) is 4. The molecule has 0 aliphatic rings. The molecule has 0 N–H and O–H groups in total. The number of rotatable bonds is 4. The van der Waals surface area contributed by atoms with Gasteiger partial charge in [-0.25, -0.2) is 4.98 Å². The molecule has 5 heteroatoms. The zero-order valence-electron chi connectivity index (χ0n) is 10.8. The molecule has 0 saturated carbocycles. The van der Waals surface area contributed by atoms with E-state index in [4.69, 9.17) is 9.47 Å². The van der Waals surface area contributed by atoms with Gasteiger partial charge in [0.2, 0.25) is 0 Å². The maximum atomic E-state index is 5.39. The van der Waals surface area contributed by atoms with Crippen LogP contribution in [0.3, 0.4) is 0 Å². The Balaban J connectivity index is 2.12. The van der Waals surface area contributed by atoms with Crippen LogP contribution in [-0.2, 0) is 4.74 Å². The molecule has 2 heterocycles. The Morgan fingerprint density at radius 1 is 1.47 bits per heavy atom. The number of benzene rings is 1. The molecule has 0 spiro atoms. The minimum atomic E-state index is 0.599. The molecule has 0 saturated heterocycles. The zero-order chi connectivity index (χ0) is 13.4. The van der Waals surface area contributed by atoms with Gasteiger partial charge in [-0.05, 0) is 25.1 Å². The number of aromatic nitrogens is 2. The van der Waals surface area contributed by atoms with Gasteiger partial charge in [0, 0.05) is 6.20 Å². The van der Waals surface area contributed by atoms with Crippen molar-refractivity contribution in [2.75, 3.05) is 13.7 Å². The van der Waals surface area contributed by atoms with Gasteiger partial charge in [0.1, 0.15) is 17.2 Å². The van der Waals surface area contributed by atoms with Crippen LogP contribution >= 0.6 is 11.3 Å². The third-order valence-corrected chi connectivity index (χ3v) is 3.92. The third-order valence-electron chi connectivity index (χ3n) is 2.91. The molecular weight excluding hydrogens is 260 g/mol. The first-order valence-electron chi connectivity index (χ1n) is 6.00. The Hall–Kier alpha value is -2.01. The first-order valence-corrected chi connectivity index (χ1v) is 6.82. The molecule has 0 amide bonds. The van der Waals surface area contributed by atoms with Crippen molar-refractivity contribution in [2.24, 2.45) is 0 Å². The van der Waals surface area contributed by atoms with Crippen molar-refractivity contribution >= 4 is 32.3 Å². The van der Waals surface area contributed by atoms with E-state index in [0.717, 1.165) is 26.6 Å². The molecular formula is C14H14N2O2S. The van der Waals surface area contributed by atoms with E-state index in [1.807, 2.05) is 31.3 Å². The first-order chi connectivity index (χ1) is 9.22.